The van der Waals surface area contributed by atoms with Gasteiger partial charge in [0.2, 0.25) is 5.91 Å². The number of carbonyl (C=O) groups excluding carboxylic acids is 1. The van der Waals surface area contributed by atoms with E-state index in [0.717, 1.165) is 37.0 Å². The van der Waals surface area contributed by atoms with Crippen molar-refractivity contribution in [2.75, 3.05) is 23.7 Å². The van der Waals surface area contributed by atoms with Crippen molar-refractivity contribution in [3.63, 3.8) is 0 Å². The standard InChI is InChI=1S/C22H21F2N5O/c23-15-3-6-17(7-4-15)28-22(30)14-29-11-1-2-20(29)19-9-8-18(13-25-19)27-21-10-5-16(24)12-26-21/h3-10,12-13,20H,1-2,11,14H2,(H,26,27)(H,28,30). The number of aromatic nitrogens is 2. The Kier molecular flexibility index (Phi) is 5.94. The largest absolute Gasteiger partial charge is 0.339 e. The molecule has 1 aliphatic rings. The number of nitrogens with zero attached hydrogens (tertiary/aromatic N) is 3. The number of halogens is 2. The Morgan fingerprint density at radius 3 is 2.43 bits per heavy atom. The molecule has 6 nitrogen and oxygen atoms in total. The van der Waals surface area contributed by atoms with Crippen LogP contribution in [0.5, 0.6) is 0 Å². The zero-order valence-corrected chi connectivity index (χ0v) is 16.2. The number of hydrogen-bond donors (Lipinski definition) is 2. The normalized spacial score (nSPS) is 16.4. The summed E-state index contributed by atoms with van der Waals surface area (Å²) in [6.45, 7) is 1.05. The molecule has 0 aliphatic carbocycles. The smallest absolute Gasteiger partial charge is 0.238 e. The van der Waals surface area contributed by atoms with Crippen LogP contribution in [0, 0.1) is 11.6 Å². The molecule has 2 N–H and O–H groups in total. The molecule has 1 fully saturated rings. The van der Waals surface area contributed by atoms with Crippen molar-refractivity contribution in [3.8, 4) is 0 Å². The van der Waals surface area contributed by atoms with Gasteiger partial charge in [0, 0.05) is 5.69 Å². The lowest BCUT2D eigenvalue weighted by atomic mass is 10.1. The maximum absolute atomic E-state index is 13.0. The summed E-state index contributed by atoms with van der Waals surface area (Å²) in [6.07, 6.45) is 4.76. The lowest BCUT2D eigenvalue weighted by Crippen LogP contribution is -2.33. The van der Waals surface area contributed by atoms with Gasteiger partial charge in [0.25, 0.3) is 0 Å². The number of carbonyl (C=O) groups is 1. The van der Waals surface area contributed by atoms with E-state index in [4.69, 9.17) is 0 Å². The number of pyridine rings is 2. The zero-order valence-electron chi connectivity index (χ0n) is 16.2. The van der Waals surface area contributed by atoms with Gasteiger partial charge in [-0.25, -0.2) is 13.8 Å². The molecule has 0 saturated carbocycles. The van der Waals surface area contributed by atoms with Gasteiger partial charge in [-0.1, -0.05) is 0 Å². The highest BCUT2D eigenvalue weighted by Gasteiger charge is 2.28. The lowest BCUT2D eigenvalue weighted by molar-refractivity contribution is -0.117. The lowest BCUT2D eigenvalue weighted by Gasteiger charge is -2.23. The van der Waals surface area contributed by atoms with Crippen LogP contribution in [0.1, 0.15) is 24.6 Å². The molecular weight excluding hydrogens is 388 g/mol. The minimum Gasteiger partial charge on any atom is -0.339 e. The van der Waals surface area contributed by atoms with Crippen LogP contribution in [0.2, 0.25) is 0 Å². The Bertz CT molecular complexity index is 994. The average molecular weight is 409 g/mol. The van der Waals surface area contributed by atoms with Crippen molar-refractivity contribution >= 4 is 23.1 Å². The molecule has 8 heteroatoms. The quantitative estimate of drug-likeness (QED) is 0.636. The average Bonchev–Trinajstić information content (AvgIpc) is 3.20. The van der Waals surface area contributed by atoms with Crippen molar-refractivity contribution in [2.24, 2.45) is 0 Å². The minimum absolute atomic E-state index is 0.0574. The van der Waals surface area contributed by atoms with Crippen LogP contribution in [0.25, 0.3) is 0 Å². The van der Waals surface area contributed by atoms with Crippen molar-refractivity contribution in [3.05, 3.63) is 78.3 Å². The van der Waals surface area contributed by atoms with Gasteiger partial charge in [-0.2, -0.15) is 0 Å². The van der Waals surface area contributed by atoms with Crippen LogP contribution in [-0.2, 0) is 4.79 Å². The molecule has 4 rings (SSSR count). The van der Waals surface area contributed by atoms with Crippen LogP contribution < -0.4 is 10.6 Å². The summed E-state index contributed by atoms with van der Waals surface area (Å²) >= 11 is 0. The Morgan fingerprint density at radius 1 is 0.967 bits per heavy atom. The zero-order chi connectivity index (χ0) is 20.9. The summed E-state index contributed by atoms with van der Waals surface area (Å²) in [7, 11) is 0. The molecule has 154 valence electrons. The number of likely N-dealkylation sites (tertiary alicyclic amines) is 1. The highest BCUT2D eigenvalue weighted by atomic mass is 19.1. The molecule has 0 radical (unpaired) electrons. The van der Waals surface area contributed by atoms with E-state index >= 15 is 0 Å². The summed E-state index contributed by atoms with van der Waals surface area (Å²) in [5.41, 5.74) is 2.20. The van der Waals surface area contributed by atoms with Crippen molar-refractivity contribution < 1.29 is 13.6 Å². The van der Waals surface area contributed by atoms with Crippen LogP contribution in [0.3, 0.4) is 0 Å². The van der Waals surface area contributed by atoms with Crippen molar-refractivity contribution in [1.82, 2.24) is 14.9 Å². The minimum atomic E-state index is -0.390. The Morgan fingerprint density at radius 2 is 1.73 bits per heavy atom. The van der Waals surface area contributed by atoms with Crippen molar-refractivity contribution in [2.45, 2.75) is 18.9 Å². The van der Waals surface area contributed by atoms with Gasteiger partial charge in [0.05, 0.1) is 36.4 Å². The van der Waals surface area contributed by atoms with Crippen LogP contribution in [-0.4, -0.2) is 33.9 Å². The van der Waals surface area contributed by atoms with Gasteiger partial charge < -0.3 is 10.6 Å². The molecule has 30 heavy (non-hydrogen) atoms. The fourth-order valence-electron chi connectivity index (χ4n) is 3.54. The second-order valence-corrected chi connectivity index (χ2v) is 7.14. The summed E-state index contributed by atoms with van der Waals surface area (Å²) in [6, 6.07) is 12.5. The molecule has 1 atom stereocenters. The number of benzene rings is 1. The third-order valence-electron chi connectivity index (χ3n) is 4.97. The van der Waals surface area contributed by atoms with Crippen molar-refractivity contribution in [1.29, 1.82) is 0 Å². The second kappa shape index (κ2) is 8.96. The molecular formula is C22H21F2N5O. The molecule has 1 aromatic carbocycles. The monoisotopic (exact) mass is 409 g/mol. The fourth-order valence-corrected chi connectivity index (χ4v) is 3.54. The molecule has 1 amide bonds. The third kappa shape index (κ3) is 4.96. The third-order valence-corrected chi connectivity index (χ3v) is 4.97. The first-order valence-corrected chi connectivity index (χ1v) is 9.71. The number of rotatable bonds is 6. The number of anilines is 3. The van der Waals surface area contributed by atoms with Gasteiger partial charge in [0.1, 0.15) is 17.5 Å². The summed E-state index contributed by atoms with van der Waals surface area (Å²) in [4.78, 5) is 23.0. The fraction of sp³-hybridized carbons (Fsp3) is 0.227. The summed E-state index contributed by atoms with van der Waals surface area (Å²) < 4.78 is 26.0. The maximum atomic E-state index is 13.0. The van der Waals surface area contributed by atoms with E-state index in [1.165, 1.54) is 30.3 Å². The molecule has 2 aromatic heterocycles. The Hall–Kier alpha value is -3.39. The summed E-state index contributed by atoms with van der Waals surface area (Å²) in [5.74, 6) is -0.342. The molecule has 3 aromatic rings. The highest BCUT2D eigenvalue weighted by Crippen LogP contribution is 2.31. The van der Waals surface area contributed by atoms with E-state index in [1.54, 1.807) is 12.3 Å². The Balaban J connectivity index is 1.37. The highest BCUT2D eigenvalue weighted by molar-refractivity contribution is 5.92. The molecule has 0 bridgehead atoms. The first-order valence-electron chi connectivity index (χ1n) is 9.71. The topological polar surface area (TPSA) is 70.2 Å². The van der Waals surface area contributed by atoms with Crippen LogP contribution in [0.4, 0.5) is 26.0 Å². The molecule has 0 spiro atoms. The number of hydrogen-bond acceptors (Lipinski definition) is 5. The van der Waals surface area contributed by atoms with E-state index < -0.39 is 0 Å². The van der Waals surface area contributed by atoms with Crippen LogP contribution in [0.15, 0.2) is 60.9 Å². The van der Waals surface area contributed by atoms with E-state index in [0.29, 0.717) is 11.5 Å². The maximum Gasteiger partial charge on any atom is 0.238 e. The first kappa shape index (κ1) is 19.9. The van der Waals surface area contributed by atoms with Gasteiger partial charge >= 0.3 is 0 Å². The van der Waals surface area contributed by atoms with Crippen LogP contribution >= 0.6 is 0 Å². The van der Waals surface area contributed by atoms with E-state index in [1.807, 2.05) is 12.1 Å². The number of nitrogens with one attached hydrogen (secondary N) is 2. The predicted molar refractivity (Wildman–Crippen MR) is 110 cm³/mol. The molecule has 3 heterocycles. The predicted octanol–water partition coefficient (Wildman–Crippen LogP) is 4.27. The van der Waals surface area contributed by atoms with E-state index in [9.17, 15) is 13.6 Å². The SMILES string of the molecule is O=C(CN1CCCC1c1ccc(Nc2ccc(F)cn2)cn1)Nc1ccc(F)cc1. The molecule has 1 saturated heterocycles. The first-order chi connectivity index (χ1) is 14.6. The van der Waals surface area contributed by atoms with Gasteiger partial charge in [-0.3, -0.25) is 14.7 Å². The Labute approximate surface area is 173 Å². The van der Waals surface area contributed by atoms with Gasteiger partial charge in [-0.15, -0.1) is 0 Å². The van der Waals surface area contributed by atoms with Gasteiger partial charge in [-0.05, 0) is 67.9 Å². The molecule has 1 aliphatic heterocycles. The molecule has 1 unspecified atom stereocenters. The van der Waals surface area contributed by atoms with E-state index in [2.05, 4.69) is 25.5 Å². The number of amides is 1. The van der Waals surface area contributed by atoms with E-state index in [-0.39, 0.29) is 30.1 Å². The second-order valence-electron chi connectivity index (χ2n) is 7.14. The van der Waals surface area contributed by atoms with Gasteiger partial charge in [0.15, 0.2) is 0 Å². The summed E-state index contributed by atoms with van der Waals surface area (Å²) in [5, 5.41) is 5.88.